The Morgan fingerprint density at radius 3 is 2.15 bits per heavy atom. The number of hydrogen-bond acceptors (Lipinski definition) is 6. The average molecular weight is 487 g/mol. The van der Waals surface area contributed by atoms with Crippen molar-refractivity contribution in [3.05, 3.63) is 63.8 Å². The van der Waals surface area contributed by atoms with Crippen molar-refractivity contribution in [3.63, 3.8) is 0 Å². The highest BCUT2D eigenvalue weighted by molar-refractivity contribution is 7.81. The minimum atomic E-state index is -0.537. The van der Waals surface area contributed by atoms with Crippen LogP contribution < -0.4 is 15.6 Å². The van der Waals surface area contributed by atoms with Crippen LogP contribution in [0.25, 0.3) is 0 Å². The number of methoxy groups -OCH3 is 2. The standard InChI is InChI=1S/C23H26N4O4S2/c1-14-7-9-16(30-5)11-18(14)22(32)26(3)24-20(28)13-21(29)25-27(4)23(33)19-12-17(31-6)10-8-15(19)2/h7,9,11-12H,13H2,1-6H3,(H,24,28)(H,25,29). The van der Waals surface area contributed by atoms with Gasteiger partial charge in [-0.25, -0.2) is 0 Å². The Balaban J connectivity index is 1.94. The summed E-state index contributed by atoms with van der Waals surface area (Å²) in [4.78, 5) is 25.5. The van der Waals surface area contributed by atoms with Crippen molar-refractivity contribution in [2.45, 2.75) is 20.3 Å². The third-order valence-electron chi connectivity index (χ3n) is 4.69. The quantitative estimate of drug-likeness (QED) is 0.275. The molecule has 2 N–H and O–H groups in total. The lowest BCUT2D eigenvalue weighted by atomic mass is 10.1. The third kappa shape index (κ3) is 6.78. The number of amides is 2. The second kappa shape index (κ2) is 11.4. The second-order valence-electron chi connectivity index (χ2n) is 7.16. The molecule has 0 aromatic heterocycles. The lowest BCUT2D eigenvalue weighted by Crippen LogP contribution is -2.47. The predicted molar refractivity (Wildman–Crippen MR) is 133 cm³/mol. The third-order valence-corrected chi connectivity index (χ3v) is 5.68. The van der Waals surface area contributed by atoms with Crippen LogP contribution in [0, 0.1) is 6.92 Å². The fourth-order valence-electron chi connectivity index (χ4n) is 2.85. The number of likely N-dealkylation sites (N-methyl/N-ethyl adjacent to an activating group) is 1. The van der Waals surface area contributed by atoms with Crippen LogP contribution >= 0.6 is 24.4 Å². The van der Waals surface area contributed by atoms with E-state index in [0.29, 0.717) is 27.1 Å². The van der Waals surface area contributed by atoms with Gasteiger partial charge in [-0.3, -0.25) is 30.5 Å². The first-order valence-corrected chi connectivity index (χ1v) is 10.7. The van der Waals surface area contributed by atoms with Gasteiger partial charge in [-0.1, -0.05) is 36.2 Å². The molecule has 2 amide bonds. The molecule has 0 radical (unpaired) electrons. The van der Waals surface area contributed by atoms with Crippen molar-refractivity contribution in [2.75, 3.05) is 28.3 Å². The first-order chi connectivity index (χ1) is 15.6. The summed E-state index contributed by atoms with van der Waals surface area (Å²) >= 11 is 10.9. The molecular formula is C23H26N4O4S2. The number of nitrogens with one attached hydrogen (secondary N) is 2. The molecule has 0 saturated carbocycles. The molecule has 0 bridgehead atoms. The highest BCUT2D eigenvalue weighted by Crippen LogP contribution is 2.19. The molecule has 0 fully saturated rings. The zero-order valence-electron chi connectivity index (χ0n) is 19.4. The van der Waals surface area contributed by atoms with Crippen molar-refractivity contribution in [3.8, 4) is 5.75 Å². The summed E-state index contributed by atoms with van der Waals surface area (Å²) in [7, 11) is 6.28. The van der Waals surface area contributed by atoms with E-state index in [-0.39, 0.29) is 0 Å². The molecule has 1 aliphatic rings. The van der Waals surface area contributed by atoms with Crippen molar-refractivity contribution in [2.24, 2.45) is 0 Å². The summed E-state index contributed by atoms with van der Waals surface area (Å²) in [5.41, 5.74) is 14.1. The van der Waals surface area contributed by atoms with Crippen LogP contribution in [-0.4, -0.2) is 60.1 Å². The first kappa shape index (κ1) is 25.8. The maximum absolute atomic E-state index is 12.4. The van der Waals surface area contributed by atoms with Gasteiger partial charge in [0.2, 0.25) is 11.8 Å². The van der Waals surface area contributed by atoms with Crippen molar-refractivity contribution < 1.29 is 19.1 Å². The molecule has 2 rings (SSSR count). The van der Waals surface area contributed by atoms with Gasteiger partial charge in [0.05, 0.1) is 14.2 Å². The summed E-state index contributed by atoms with van der Waals surface area (Å²) < 4.78 is 10.4. The van der Waals surface area contributed by atoms with Crippen molar-refractivity contribution in [1.82, 2.24) is 20.9 Å². The molecule has 1 aromatic carbocycles. The van der Waals surface area contributed by atoms with Crippen LogP contribution in [0.3, 0.4) is 0 Å². The van der Waals surface area contributed by atoms with Gasteiger partial charge in [0, 0.05) is 36.9 Å². The molecule has 0 aliphatic heterocycles. The van der Waals surface area contributed by atoms with Crippen LogP contribution in [0.15, 0.2) is 52.6 Å². The fraction of sp³-hybridized carbons (Fsp3) is 0.304. The molecule has 0 saturated heterocycles. The monoisotopic (exact) mass is 486 g/mol. The van der Waals surface area contributed by atoms with E-state index >= 15 is 0 Å². The van der Waals surface area contributed by atoms with Gasteiger partial charge >= 0.3 is 0 Å². The summed E-state index contributed by atoms with van der Waals surface area (Å²) in [5, 5.41) is 2.77. The zero-order valence-corrected chi connectivity index (χ0v) is 21.0. The molecule has 33 heavy (non-hydrogen) atoms. The van der Waals surface area contributed by atoms with Gasteiger partial charge in [-0.2, -0.15) is 0 Å². The Morgan fingerprint density at radius 2 is 1.58 bits per heavy atom. The maximum atomic E-state index is 12.4. The van der Waals surface area contributed by atoms with Gasteiger partial charge < -0.3 is 9.47 Å². The van der Waals surface area contributed by atoms with E-state index in [0.717, 1.165) is 16.7 Å². The Kier molecular flexibility index (Phi) is 8.96. The maximum Gasteiger partial charge on any atom is 0.248 e. The Morgan fingerprint density at radius 1 is 0.970 bits per heavy atom. The molecule has 10 heteroatoms. The smallest absolute Gasteiger partial charge is 0.248 e. The van der Waals surface area contributed by atoms with E-state index in [1.165, 1.54) is 17.1 Å². The summed E-state index contributed by atoms with van der Waals surface area (Å²) in [6, 6.07) is 5.50. The lowest BCUT2D eigenvalue weighted by Gasteiger charge is -2.24. The summed E-state index contributed by atoms with van der Waals surface area (Å²) in [5.74, 6) is 0.0585. The van der Waals surface area contributed by atoms with Crippen LogP contribution in [0.2, 0.25) is 0 Å². The normalized spacial score (nSPS) is 12.0. The average Bonchev–Trinajstić information content (AvgIpc) is 2.78. The molecular weight excluding hydrogens is 460 g/mol. The summed E-state index contributed by atoms with van der Waals surface area (Å²) in [6.07, 6.45) is 1.29. The number of aryl methyl sites for hydroxylation is 1. The first-order valence-electron chi connectivity index (χ1n) is 9.85. The van der Waals surface area contributed by atoms with Crippen LogP contribution in [-0.2, 0) is 14.3 Å². The van der Waals surface area contributed by atoms with Crippen molar-refractivity contribution >= 4 is 46.2 Å². The number of nitrogens with zero attached hydrogens (tertiary/aromatic N) is 2. The molecule has 0 heterocycles. The van der Waals surface area contributed by atoms with E-state index in [2.05, 4.69) is 22.3 Å². The molecule has 1 aromatic rings. The number of ether oxygens (including phenoxy) is 2. The van der Waals surface area contributed by atoms with Gasteiger partial charge in [0.15, 0.2) is 5.76 Å². The lowest BCUT2D eigenvalue weighted by molar-refractivity contribution is -0.132. The number of hydrazine groups is 2. The van der Waals surface area contributed by atoms with Gasteiger partial charge in [-0.05, 0) is 37.3 Å². The van der Waals surface area contributed by atoms with E-state index < -0.39 is 18.2 Å². The predicted octanol–water partition coefficient (Wildman–Crippen LogP) is 2.49. The van der Waals surface area contributed by atoms with Crippen LogP contribution in [0.1, 0.15) is 24.5 Å². The van der Waals surface area contributed by atoms with E-state index in [1.54, 1.807) is 33.3 Å². The highest BCUT2D eigenvalue weighted by Gasteiger charge is 2.19. The van der Waals surface area contributed by atoms with Crippen molar-refractivity contribution in [1.29, 1.82) is 0 Å². The molecule has 8 nitrogen and oxygen atoms in total. The highest BCUT2D eigenvalue weighted by atomic mass is 32.1. The molecule has 0 atom stereocenters. The fourth-order valence-corrected chi connectivity index (χ4v) is 3.37. The zero-order chi connectivity index (χ0) is 24.7. The van der Waals surface area contributed by atoms with Gasteiger partial charge in [-0.15, -0.1) is 0 Å². The number of carbonyl (C=O) groups excluding carboxylic acids is 2. The van der Waals surface area contributed by atoms with E-state index in [1.807, 2.05) is 26.0 Å². The minimum Gasteiger partial charge on any atom is -0.497 e. The molecule has 1 aliphatic carbocycles. The second-order valence-corrected chi connectivity index (χ2v) is 7.93. The topological polar surface area (TPSA) is 83.1 Å². The number of rotatable bonds is 6. The van der Waals surface area contributed by atoms with E-state index in [4.69, 9.17) is 33.9 Å². The van der Waals surface area contributed by atoms with Crippen LogP contribution in [0.4, 0.5) is 0 Å². The number of thiocarbonyl (C=S) groups is 2. The molecule has 0 unspecified atom stereocenters. The number of carbonyl (C=O) groups is 2. The van der Waals surface area contributed by atoms with Gasteiger partial charge in [0.1, 0.15) is 22.1 Å². The number of allylic oxidation sites excluding steroid dienone is 1. The number of hydrogen-bond donors (Lipinski definition) is 2. The molecule has 0 spiro atoms. The van der Waals surface area contributed by atoms with Gasteiger partial charge in [0.25, 0.3) is 0 Å². The van der Waals surface area contributed by atoms with E-state index in [9.17, 15) is 9.59 Å². The largest absolute Gasteiger partial charge is 0.497 e. The molecule has 174 valence electrons. The Hall–Kier alpha value is -3.42. The van der Waals surface area contributed by atoms with Crippen LogP contribution in [0.5, 0.6) is 5.75 Å². The Labute approximate surface area is 204 Å². The minimum absolute atomic E-state index is 0.344. The summed E-state index contributed by atoms with van der Waals surface area (Å²) in [6.45, 7) is 3.73. The SMILES string of the molecule is COC1=C=C=C(C)C(C(=S)N(C)NC(=O)CC(=O)NN(C)C(=S)c2cc(OC)ccc2C)=C1. The number of benzene rings is 1. The Bertz CT molecular complexity index is 1130.